The molecule has 0 unspecified atom stereocenters. The van der Waals surface area contributed by atoms with Gasteiger partial charge in [0, 0.05) is 11.8 Å². The number of sulfonamides is 1. The van der Waals surface area contributed by atoms with E-state index in [0.29, 0.717) is 34.8 Å². The molecule has 3 N–H and O–H groups in total. The maximum Gasteiger partial charge on any atom is 0.262 e. The standard InChI is InChI=1S/C27H31N3O5S/c1-35-23-7-5-22(6-8-23)30-36(33,34)24-9-2-18(3-10-24)4-11-25(31)28-29-26(32)27-15-19-12-20(16-27)14-21(13-19)17-27/h2-11,19-21,30H,12-17H2,1H3,(H,28,31)(H,29,32). The van der Waals surface area contributed by atoms with E-state index in [1.807, 2.05) is 0 Å². The quantitative estimate of drug-likeness (QED) is 0.387. The van der Waals surface area contributed by atoms with E-state index in [-0.39, 0.29) is 16.2 Å². The smallest absolute Gasteiger partial charge is 0.262 e. The number of carbonyl (C=O) groups is 2. The molecule has 0 saturated heterocycles. The Morgan fingerprint density at radius 2 is 1.47 bits per heavy atom. The maximum absolute atomic E-state index is 13.0. The molecule has 0 heterocycles. The third-order valence-corrected chi connectivity index (χ3v) is 9.18. The average molecular weight is 510 g/mol. The second-order valence-corrected chi connectivity index (χ2v) is 12.1. The number of hydrazine groups is 1. The first-order valence-corrected chi connectivity index (χ1v) is 13.8. The van der Waals surface area contributed by atoms with E-state index >= 15 is 0 Å². The minimum absolute atomic E-state index is 0.0673. The van der Waals surface area contributed by atoms with Gasteiger partial charge in [0.1, 0.15) is 5.75 Å². The first-order chi connectivity index (χ1) is 17.2. The van der Waals surface area contributed by atoms with Crippen LogP contribution in [0, 0.1) is 23.2 Å². The normalized spacial score (nSPS) is 26.5. The van der Waals surface area contributed by atoms with E-state index in [0.717, 1.165) is 19.3 Å². The third-order valence-electron chi connectivity index (χ3n) is 7.78. The van der Waals surface area contributed by atoms with Crippen LogP contribution in [0.1, 0.15) is 44.1 Å². The highest BCUT2D eigenvalue weighted by molar-refractivity contribution is 7.92. The number of anilines is 1. The minimum atomic E-state index is -3.76. The van der Waals surface area contributed by atoms with Crippen molar-refractivity contribution in [3.8, 4) is 5.75 Å². The van der Waals surface area contributed by atoms with Crippen LogP contribution in [-0.4, -0.2) is 27.3 Å². The molecule has 2 aromatic carbocycles. The van der Waals surface area contributed by atoms with E-state index in [1.165, 1.54) is 44.6 Å². The molecule has 36 heavy (non-hydrogen) atoms. The molecule has 0 spiro atoms. The third kappa shape index (κ3) is 5.11. The van der Waals surface area contributed by atoms with Crippen molar-refractivity contribution in [1.29, 1.82) is 0 Å². The van der Waals surface area contributed by atoms with Crippen LogP contribution in [0.3, 0.4) is 0 Å². The molecule has 9 heteroatoms. The fourth-order valence-electron chi connectivity index (χ4n) is 6.48. The largest absolute Gasteiger partial charge is 0.497 e. The SMILES string of the molecule is COc1ccc(NS(=O)(=O)c2ccc(C=CC(=O)NNC(=O)C34CC5CC(CC(C5)C3)C4)cc2)cc1. The molecular formula is C27H31N3O5S. The number of benzene rings is 2. The molecule has 8 nitrogen and oxygen atoms in total. The molecule has 0 atom stereocenters. The number of hydrogen-bond donors (Lipinski definition) is 3. The number of amides is 2. The van der Waals surface area contributed by atoms with Crippen LogP contribution in [0.15, 0.2) is 59.5 Å². The summed E-state index contributed by atoms with van der Waals surface area (Å²) in [6.45, 7) is 0. The van der Waals surface area contributed by atoms with Gasteiger partial charge in [0.05, 0.1) is 17.4 Å². The highest BCUT2D eigenvalue weighted by Gasteiger charge is 2.54. The number of hydrogen-bond acceptors (Lipinski definition) is 5. The molecule has 6 rings (SSSR count). The Morgan fingerprint density at radius 3 is 2.03 bits per heavy atom. The van der Waals surface area contributed by atoms with Crippen LogP contribution in [-0.2, 0) is 19.6 Å². The van der Waals surface area contributed by atoms with Gasteiger partial charge in [-0.2, -0.15) is 0 Å². The van der Waals surface area contributed by atoms with Gasteiger partial charge in [-0.1, -0.05) is 12.1 Å². The Bertz CT molecular complexity index is 1230. The Hall–Kier alpha value is -3.33. The van der Waals surface area contributed by atoms with Gasteiger partial charge in [-0.15, -0.1) is 0 Å². The van der Waals surface area contributed by atoms with Crippen molar-refractivity contribution in [1.82, 2.24) is 10.9 Å². The highest BCUT2D eigenvalue weighted by Crippen LogP contribution is 2.60. The Kier molecular flexibility index (Phi) is 6.51. The zero-order valence-corrected chi connectivity index (χ0v) is 21.0. The fraction of sp³-hybridized carbons (Fsp3) is 0.407. The molecule has 4 bridgehead atoms. The van der Waals surface area contributed by atoms with E-state index in [1.54, 1.807) is 42.5 Å². The summed E-state index contributed by atoms with van der Waals surface area (Å²) in [5, 5.41) is 0. The number of carbonyl (C=O) groups excluding carboxylic acids is 2. The van der Waals surface area contributed by atoms with E-state index < -0.39 is 15.9 Å². The fourth-order valence-corrected chi connectivity index (χ4v) is 7.54. The number of methoxy groups -OCH3 is 1. The molecule has 4 saturated carbocycles. The van der Waals surface area contributed by atoms with Crippen LogP contribution in [0.5, 0.6) is 5.75 Å². The Balaban J connectivity index is 1.14. The number of ether oxygens (including phenoxy) is 1. The summed E-state index contributed by atoms with van der Waals surface area (Å²) >= 11 is 0. The Labute approximate surface area is 211 Å². The predicted molar refractivity (Wildman–Crippen MR) is 136 cm³/mol. The Morgan fingerprint density at radius 1 is 0.889 bits per heavy atom. The van der Waals surface area contributed by atoms with Gasteiger partial charge in [-0.25, -0.2) is 8.42 Å². The molecule has 2 amide bonds. The zero-order valence-electron chi connectivity index (χ0n) is 20.2. The molecule has 4 aliphatic carbocycles. The minimum Gasteiger partial charge on any atom is -0.497 e. The lowest BCUT2D eigenvalue weighted by atomic mass is 9.49. The monoisotopic (exact) mass is 509 g/mol. The summed E-state index contributed by atoms with van der Waals surface area (Å²) in [5.74, 6) is 2.07. The summed E-state index contributed by atoms with van der Waals surface area (Å²) in [6.07, 6.45) is 9.42. The second-order valence-electron chi connectivity index (χ2n) is 10.4. The average Bonchev–Trinajstić information content (AvgIpc) is 2.85. The van der Waals surface area contributed by atoms with Gasteiger partial charge in [0.15, 0.2) is 0 Å². The van der Waals surface area contributed by atoms with Gasteiger partial charge >= 0.3 is 0 Å². The van der Waals surface area contributed by atoms with E-state index in [4.69, 9.17) is 4.74 Å². The van der Waals surface area contributed by atoms with Crippen molar-refractivity contribution >= 4 is 33.6 Å². The summed E-state index contributed by atoms with van der Waals surface area (Å²) in [6, 6.07) is 12.7. The molecule has 4 fully saturated rings. The van der Waals surface area contributed by atoms with Crippen LogP contribution >= 0.6 is 0 Å². The molecular weight excluding hydrogens is 478 g/mol. The molecule has 190 valence electrons. The first kappa shape index (κ1) is 24.4. The van der Waals surface area contributed by atoms with Crippen molar-refractivity contribution in [3.63, 3.8) is 0 Å². The van der Waals surface area contributed by atoms with Crippen molar-refractivity contribution in [3.05, 3.63) is 60.2 Å². The summed E-state index contributed by atoms with van der Waals surface area (Å²) in [7, 11) is -2.22. The molecule has 0 aromatic heterocycles. The molecule has 0 radical (unpaired) electrons. The van der Waals surface area contributed by atoms with Crippen LogP contribution in [0.2, 0.25) is 0 Å². The molecule has 4 aliphatic rings. The van der Waals surface area contributed by atoms with Crippen molar-refractivity contribution in [2.24, 2.45) is 23.2 Å². The summed E-state index contributed by atoms with van der Waals surface area (Å²) in [4.78, 5) is 25.3. The summed E-state index contributed by atoms with van der Waals surface area (Å²) < 4.78 is 32.9. The van der Waals surface area contributed by atoms with Crippen LogP contribution in [0.4, 0.5) is 5.69 Å². The zero-order chi connectivity index (χ0) is 25.3. The van der Waals surface area contributed by atoms with Gasteiger partial charge in [-0.3, -0.25) is 25.2 Å². The number of rotatable bonds is 7. The topological polar surface area (TPSA) is 114 Å². The number of nitrogens with one attached hydrogen (secondary N) is 3. The van der Waals surface area contributed by atoms with Crippen molar-refractivity contribution in [2.45, 2.75) is 43.4 Å². The van der Waals surface area contributed by atoms with Gasteiger partial charge < -0.3 is 4.74 Å². The predicted octanol–water partition coefficient (Wildman–Crippen LogP) is 3.87. The van der Waals surface area contributed by atoms with Gasteiger partial charge in [-0.05, 0) is 104 Å². The lowest BCUT2D eigenvalue weighted by Crippen LogP contribution is -2.56. The lowest BCUT2D eigenvalue weighted by molar-refractivity contribution is -0.148. The van der Waals surface area contributed by atoms with Crippen molar-refractivity contribution < 1.29 is 22.7 Å². The molecule has 2 aromatic rings. The van der Waals surface area contributed by atoms with Crippen LogP contribution in [0.25, 0.3) is 6.08 Å². The van der Waals surface area contributed by atoms with E-state index in [9.17, 15) is 18.0 Å². The van der Waals surface area contributed by atoms with E-state index in [2.05, 4.69) is 15.6 Å². The lowest BCUT2D eigenvalue weighted by Gasteiger charge is -2.55. The van der Waals surface area contributed by atoms with Crippen LogP contribution < -0.4 is 20.3 Å². The maximum atomic E-state index is 13.0. The second kappa shape index (κ2) is 9.61. The highest BCUT2D eigenvalue weighted by atomic mass is 32.2. The summed E-state index contributed by atoms with van der Waals surface area (Å²) in [5.41, 5.74) is 5.91. The van der Waals surface area contributed by atoms with Crippen molar-refractivity contribution in [2.75, 3.05) is 11.8 Å². The van der Waals surface area contributed by atoms with Gasteiger partial charge in [0.25, 0.3) is 15.9 Å². The first-order valence-electron chi connectivity index (χ1n) is 12.3. The van der Waals surface area contributed by atoms with Gasteiger partial charge in [0.2, 0.25) is 5.91 Å². The molecule has 0 aliphatic heterocycles.